The van der Waals surface area contributed by atoms with E-state index in [4.69, 9.17) is 32.9 Å². The largest absolute Gasteiger partial charge is 0.489 e. The molecule has 268 valence electrons. The fourth-order valence-corrected chi connectivity index (χ4v) is 7.59. The number of aryl methyl sites for hydroxylation is 1. The zero-order valence-corrected chi connectivity index (χ0v) is 30.4. The lowest BCUT2D eigenvalue weighted by Crippen LogP contribution is -2.51. The van der Waals surface area contributed by atoms with Crippen molar-refractivity contribution in [1.82, 2.24) is 39.3 Å². The van der Waals surface area contributed by atoms with Gasteiger partial charge in [0.25, 0.3) is 0 Å². The molecule has 0 spiro atoms. The van der Waals surface area contributed by atoms with Gasteiger partial charge in [0, 0.05) is 81.6 Å². The number of nitrogens with two attached hydrogens (primary N) is 2. The number of nitriles is 1. The number of fused-ring (bicyclic) bond motifs is 2. The van der Waals surface area contributed by atoms with Crippen LogP contribution in [0.5, 0.6) is 5.75 Å². The van der Waals surface area contributed by atoms with Crippen molar-refractivity contribution < 1.29 is 14.3 Å². The van der Waals surface area contributed by atoms with E-state index in [9.17, 15) is 14.9 Å². The molecule has 2 aromatic heterocycles. The summed E-state index contributed by atoms with van der Waals surface area (Å²) in [5.74, 6) is 1.14. The van der Waals surface area contributed by atoms with Crippen molar-refractivity contribution in [2.45, 2.75) is 64.4 Å². The summed E-state index contributed by atoms with van der Waals surface area (Å²) in [6, 6.07) is 4.48. The fraction of sp³-hybridized carbons (Fsp3) is 0.486. The molecular formula is C35H41Cl2N11O3. The van der Waals surface area contributed by atoms with E-state index in [1.807, 2.05) is 39.3 Å². The van der Waals surface area contributed by atoms with Crippen LogP contribution in [0, 0.1) is 18.3 Å². The second kappa shape index (κ2) is 13.3. The lowest BCUT2D eigenvalue weighted by molar-refractivity contribution is -0.117. The summed E-state index contributed by atoms with van der Waals surface area (Å²) in [5, 5.41) is 15.8. The van der Waals surface area contributed by atoms with Crippen molar-refractivity contribution in [2.75, 3.05) is 51.5 Å². The van der Waals surface area contributed by atoms with Crippen LogP contribution in [0.1, 0.15) is 55.1 Å². The van der Waals surface area contributed by atoms with Gasteiger partial charge in [-0.2, -0.15) is 10.4 Å². The Balaban J connectivity index is 0.000000188. The number of rotatable bonds is 6. The topological polar surface area (TPSA) is 175 Å². The van der Waals surface area contributed by atoms with Gasteiger partial charge in [0.15, 0.2) is 5.65 Å². The average Bonchev–Trinajstić information content (AvgIpc) is 3.91. The molecule has 2 aliphatic carbocycles. The minimum atomic E-state index is -0.259. The van der Waals surface area contributed by atoms with Crippen molar-refractivity contribution in [2.24, 2.45) is 5.73 Å². The lowest BCUT2D eigenvalue weighted by atomic mass is 9.85. The van der Waals surface area contributed by atoms with Crippen LogP contribution in [-0.4, -0.2) is 115 Å². The molecule has 2 atom stereocenters. The zero-order chi connectivity index (χ0) is 35.0. The minimum absolute atomic E-state index is 0. The molecule has 1 saturated carbocycles. The average molecular weight is 735 g/mol. The summed E-state index contributed by atoms with van der Waals surface area (Å²) < 4.78 is 8.29. The highest BCUT2D eigenvalue weighted by atomic mass is 35.5. The van der Waals surface area contributed by atoms with E-state index in [1.165, 1.54) is 12.4 Å². The highest BCUT2D eigenvalue weighted by molar-refractivity contribution is 6.32. The van der Waals surface area contributed by atoms with Gasteiger partial charge in [0.1, 0.15) is 41.5 Å². The van der Waals surface area contributed by atoms with E-state index < -0.39 is 0 Å². The smallest absolute Gasteiger partial charge is 0.227 e. The van der Waals surface area contributed by atoms with Crippen molar-refractivity contribution in [3.05, 3.63) is 63.0 Å². The van der Waals surface area contributed by atoms with Gasteiger partial charge < -0.3 is 30.9 Å². The third kappa shape index (κ3) is 6.37. The molecule has 0 radical (unpaired) electrons. The number of anilines is 1. The maximum Gasteiger partial charge on any atom is 0.227 e. The van der Waals surface area contributed by atoms with Crippen LogP contribution in [0.4, 0.5) is 5.82 Å². The molecule has 4 fully saturated rings. The van der Waals surface area contributed by atoms with Gasteiger partial charge in [0.2, 0.25) is 11.6 Å². The first-order valence-electron chi connectivity index (χ1n) is 17.2. The number of benzene rings is 1. The predicted molar refractivity (Wildman–Crippen MR) is 193 cm³/mol. The van der Waals surface area contributed by atoms with E-state index in [1.54, 1.807) is 0 Å². The van der Waals surface area contributed by atoms with Gasteiger partial charge in [-0.1, -0.05) is 11.6 Å². The molecule has 9 rings (SSSR count). The summed E-state index contributed by atoms with van der Waals surface area (Å²) in [6.07, 6.45) is 4.81. The summed E-state index contributed by atoms with van der Waals surface area (Å²) in [7, 11) is 0. The number of hydrogen-bond acceptors (Lipinski definition) is 13. The highest BCUT2D eigenvalue weighted by Crippen LogP contribution is 2.42. The number of nitrogens with zero attached hydrogens (tertiary/aromatic N) is 9. The lowest BCUT2D eigenvalue weighted by Gasteiger charge is -2.41. The third-order valence-corrected chi connectivity index (χ3v) is 10.6. The standard InChI is InChI=1S/C23H27ClN8O.C12H13N3O2.ClH/c1-11-8-31(15-4-14(26)5-15)9-18-17(7-25)19(24)6-16(21(18)33-11)13(3)32-23-20(12(2)30-32)22(27)28-10-29-23;16-9-7-8(13-1-2-13)12(17)11(15-5-6-15)10(9)14-3-4-14;/h6,10-11,13-15H,4-5,8-9,26H2,1-3H3,(H2,27,28,29);7H,1-6H2;1H. The summed E-state index contributed by atoms with van der Waals surface area (Å²) in [4.78, 5) is 41.4. The van der Waals surface area contributed by atoms with Crippen LogP contribution < -0.4 is 16.2 Å². The van der Waals surface area contributed by atoms with Gasteiger partial charge in [-0.05, 0) is 39.7 Å². The Labute approximate surface area is 307 Å². The van der Waals surface area contributed by atoms with Crippen LogP contribution in [0.3, 0.4) is 0 Å². The van der Waals surface area contributed by atoms with Gasteiger partial charge >= 0.3 is 0 Å². The van der Waals surface area contributed by atoms with Crippen molar-refractivity contribution in [3.8, 4) is 11.8 Å². The Morgan fingerprint density at radius 1 is 1.06 bits per heavy atom. The quantitative estimate of drug-likeness (QED) is 0.280. The predicted octanol–water partition coefficient (Wildman–Crippen LogP) is 2.53. The molecular weight excluding hydrogens is 693 g/mol. The van der Waals surface area contributed by atoms with Crippen LogP contribution in [0.15, 0.2) is 35.6 Å². The first-order chi connectivity index (χ1) is 24.0. The second-order valence-corrected chi connectivity index (χ2v) is 14.4. The molecule has 16 heteroatoms. The Kier molecular flexibility index (Phi) is 9.12. The first kappa shape index (κ1) is 35.0. The zero-order valence-electron chi connectivity index (χ0n) is 28.8. The number of ketones is 2. The number of aromatic nitrogens is 4. The number of nitrogen functional groups attached to an aromatic ring is 1. The van der Waals surface area contributed by atoms with Gasteiger partial charge in [0.05, 0.1) is 33.4 Å². The van der Waals surface area contributed by atoms with Crippen molar-refractivity contribution in [1.29, 1.82) is 5.26 Å². The highest BCUT2D eigenvalue weighted by Gasteiger charge is 2.43. The molecule has 0 amide bonds. The number of carbonyl (C=O) groups is 2. The number of hydrogen-bond donors (Lipinski definition) is 2. The Morgan fingerprint density at radius 3 is 2.35 bits per heavy atom. The van der Waals surface area contributed by atoms with Crippen LogP contribution in [0.25, 0.3) is 11.0 Å². The number of Topliss-reactive ketones (excluding diaryl/α,β-unsaturated/α-hetero) is 1. The van der Waals surface area contributed by atoms with Crippen molar-refractivity contribution in [3.63, 3.8) is 0 Å². The molecule has 4 N–H and O–H groups in total. The number of halogens is 2. The van der Waals surface area contributed by atoms with E-state index in [-0.39, 0.29) is 42.2 Å². The molecule has 6 heterocycles. The number of ether oxygens (including phenoxy) is 1. The SMILES string of the molecule is Cc1nn(C(C)c2cc(Cl)c(C#N)c3c2OC(C)CN(C2CC(N)C2)C3)c2ncnc(N)c12.Cl.O=C1C=C(N2CC2)C(=O)C(N2CC2)=C1N1CC1. The molecule has 3 aromatic rings. The molecule has 1 aromatic carbocycles. The van der Waals surface area contributed by atoms with Gasteiger partial charge in [-0.25, -0.2) is 14.6 Å². The van der Waals surface area contributed by atoms with E-state index in [2.05, 4.69) is 27.9 Å². The van der Waals surface area contributed by atoms with E-state index >= 15 is 0 Å². The van der Waals surface area contributed by atoms with Crippen LogP contribution >= 0.6 is 24.0 Å². The summed E-state index contributed by atoms with van der Waals surface area (Å²) in [5.41, 5.74) is 17.6. The van der Waals surface area contributed by atoms with Crippen LogP contribution in [0.2, 0.25) is 5.02 Å². The molecule has 14 nitrogen and oxygen atoms in total. The summed E-state index contributed by atoms with van der Waals surface area (Å²) in [6.45, 7) is 12.7. The monoisotopic (exact) mass is 733 g/mol. The Bertz CT molecular complexity index is 2040. The Morgan fingerprint density at radius 2 is 1.73 bits per heavy atom. The van der Waals surface area contributed by atoms with E-state index in [0.717, 1.165) is 80.9 Å². The molecule has 2 unspecified atom stereocenters. The maximum atomic E-state index is 12.4. The summed E-state index contributed by atoms with van der Waals surface area (Å²) >= 11 is 6.64. The van der Waals surface area contributed by atoms with Gasteiger partial charge in [-0.15, -0.1) is 12.4 Å². The fourth-order valence-electron chi connectivity index (χ4n) is 7.32. The normalized spacial score (nSPS) is 24.3. The second-order valence-electron chi connectivity index (χ2n) is 14.0. The van der Waals surface area contributed by atoms with Crippen LogP contribution in [-0.2, 0) is 16.1 Å². The molecule has 0 bridgehead atoms. The van der Waals surface area contributed by atoms with Crippen molar-refractivity contribution >= 4 is 52.4 Å². The molecule has 6 aliphatic rings. The number of carbonyl (C=O) groups excluding carboxylic acids is 2. The maximum absolute atomic E-state index is 12.4. The van der Waals surface area contributed by atoms with E-state index in [0.29, 0.717) is 57.5 Å². The number of allylic oxidation sites excluding steroid dienone is 1. The molecule has 51 heavy (non-hydrogen) atoms. The molecule has 3 saturated heterocycles. The third-order valence-electron chi connectivity index (χ3n) is 10.3. The minimum Gasteiger partial charge on any atom is -0.489 e. The molecule has 4 aliphatic heterocycles. The Hall–Kier alpha value is -4.42. The first-order valence-corrected chi connectivity index (χ1v) is 17.6. The van der Waals surface area contributed by atoms with Gasteiger partial charge in [-0.3, -0.25) is 14.5 Å².